The summed E-state index contributed by atoms with van der Waals surface area (Å²) in [6, 6.07) is 7.32. The van der Waals surface area contributed by atoms with Crippen LogP contribution in [0.3, 0.4) is 0 Å². The molecule has 1 saturated heterocycles. The highest BCUT2D eigenvalue weighted by atomic mass is 32.2. The van der Waals surface area contributed by atoms with Crippen molar-refractivity contribution in [2.75, 3.05) is 40.3 Å². The predicted molar refractivity (Wildman–Crippen MR) is 97.0 cm³/mol. The number of nitrogens with zero attached hydrogens (tertiary/aromatic N) is 4. The maximum atomic E-state index is 12.3. The van der Waals surface area contributed by atoms with Crippen LogP contribution in [-0.4, -0.2) is 57.9 Å². The minimum Gasteiger partial charge on any atom is -0.309 e. The Morgan fingerprint density at radius 1 is 1.08 bits per heavy atom. The Morgan fingerprint density at radius 3 is 2.38 bits per heavy atom. The topological polar surface area (TPSA) is 65.3 Å². The predicted octanol–water partition coefficient (Wildman–Crippen LogP) is 3.04. The van der Waals surface area contributed by atoms with Gasteiger partial charge in [-0.3, -0.25) is 0 Å². The SMILES string of the molecule is CN(C)CCCCN=Nc1ccc(CS(=O)(=O)N2CCCC2)cc1. The summed E-state index contributed by atoms with van der Waals surface area (Å²) in [5.74, 6) is 0.0644. The second-order valence-electron chi connectivity index (χ2n) is 6.50. The first-order chi connectivity index (χ1) is 11.5. The van der Waals surface area contributed by atoms with E-state index < -0.39 is 10.0 Å². The average molecular weight is 353 g/mol. The fourth-order valence-corrected chi connectivity index (χ4v) is 4.28. The van der Waals surface area contributed by atoms with Gasteiger partial charge < -0.3 is 4.90 Å². The van der Waals surface area contributed by atoms with Crippen molar-refractivity contribution in [3.8, 4) is 0 Å². The standard InChI is InChI=1S/C17H28N4O2S/c1-20(2)12-4-3-11-18-19-17-9-7-16(8-10-17)15-24(22,23)21-13-5-6-14-21/h7-10H,3-6,11-15H2,1-2H3. The Morgan fingerprint density at radius 2 is 1.75 bits per heavy atom. The van der Waals surface area contributed by atoms with E-state index in [0.29, 0.717) is 13.1 Å². The highest BCUT2D eigenvalue weighted by Crippen LogP contribution is 2.19. The molecular formula is C17H28N4O2S. The van der Waals surface area contributed by atoms with Gasteiger partial charge in [-0.05, 0) is 64.0 Å². The maximum Gasteiger partial charge on any atom is 0.218 e. The zero-order chi connectivity index (χ0) is 17.4. The highest BCUT2D eigenvalue weighted by molar-refractivity contribution is 7.88. The Labute approximate surface area is 145 Å². The van der Waals surface area contributed by atoms with Crippen LogP contribution in [0, 0.1) is 0 Å². The van der Waals surface area contributed by atoms with E-state index >= 15 is 0 Å². The van der Waals surface area contributed by atoms with Gasteiger partial charge in [0.2, 0.25) is 10.0 Å². The molecule has 1 aromatic carbocycles. The van der Waals surface area contributed by atoms with Gasteiger partial charge in [0.1, 0.15) is 0 Å². The van der Waals surface area contributed by atoms with Crippen LogP contribution in [-0.2, 0) is 15.8 Å². The molecule has 0 spiro atoms. The molecule has 0 N–H and O–H groups in total. The van der Waals surface area contributed by atoms with Crippen LogP contribution in [0.5, 0.6) is 0 Å². The number of azo groups is 1. The summed E-state index contributed by atoms with van der Waals surface area (Å²) in [6.07, 6.45) is 4.06. The van der Waals surface area contributed by atoms with E-state index in [1.54, 1.807) is 4.31 Å². The van der Waals surface area contributed by atoms with Crippen LogP contribution in [0.2, 0.25) is 0 Å². The Kier molecular flexibility index (Phi) is 7.33. The lowest BCUT2D eigenvalue weighted by molar-refractivity contribution is 0.395. The lowest BCUT2D eigenvalue weighted by Crippen LogP contribution is -2.29. The third-order valence-electron chi connectivity index (χ3n) is 4.04. The summed E-state index contributed by atoms with van der Waals surface area (Å²) in [5, 5.41) is 8.38. The van der Waals surface area contributed by atoms with Gasteiger partial charge in [-0.15, -0.1) is 0 Å². The largest absolute Gasteiger partial charge is 0.309 e. The number of benzene rings is 1. The number of sulfonamides is 1. The monoisotopic (exact) mass is 352 g/mol. The zero-order valence-corrected chi connectivity index (χ0v) is 15.5. The van der Waals surface area contributed by atoms with Crippen molar-refractivity contribution in [3.05, 3.63) is 29.8 Å². The van der Waals surface area contributed by atoms with E-state index in [1.807, 2.05) is 24.3 Å². The molecule has 2 rings (SSSR count). The van der Waals surface area contributed by atoms with Gasteiger partial charge in [-0.2, -0.15) is 10.2 Å². The normalized spacial score (nSPS) is 16.5. The molecule has 1 heterocycles. The van der Waals surface area contributed by atoms with Crippen LogP contribution >= 0.6 is 0 Å². The van der Waals surface area contributed by atoms with Crippen LogP contribution in [0.4, 0.5) is 5.69 Å². The molecule has 1 fully saturated rings. The van der Waals surface area contributed by atoms with Crippen LogP contribution in [0.25, 0.3) is 0 Å². The second-order valence-corrected chi connectivity index (χ2v) is 8.47. The fourth-order valence-electron chi connectivity index (χ4n) is 2.67. The van der Waals surface area contributed by atoms with E-state index in [1.165, 1.54) is 0 Å². The van der Waals surface area contributed by atoms with Crippen molar-refractivity contribution in [3.63, 3.8) is 0 Å². The molecule has 134 valence electrons. The molecule has 7 heteroatoms. The van der Waals surface area contributed by atoms with Crippen LogP contribution in [0.1, 0.15) is 31.2 Å². The van der Waals surface area contributed by atoms with Crippen molar-refractivity contribution in [2.45, 2.75) is 31.4 Å². The number of hydrogen-bond acceptors (Lipinski definition) is 5. The first-order valence-electron chi connectivity index (χ1n) is 8.56. The van der Waals surface area contributed by atoms with Gasteiger partial charge in [0.25, 0.3) is 0 Å². The molecule has 0 radical (unpaired) electrons. The molecule has 24 heavy (non-hydrogen) atoms. The van der Waals surface area contributed by atoms with Crippen molar-refractivity contribution in [1.82, 2.24) is 9.21 Å². The molecule has 0 unspecified atom stereocenters. The summed E-state index contributed by atoms with van der Waals surface area (Å²) >= 11 is 0. The Balaban J connectivity index is 1.80. The summed E-state index contributed by atoms with van der Waals surface area (Å²) in [7, 11) is 0.940. The second kappa shape index (κ2) is 9.25. The van der Waals surface area contributed by atoms with Crippen molar-refractivity contribution < 1.29 is 8.42 Å². The average Bonchev–Trinajstić information content (AvgIpc) is 3.07. The van der Waals surface area contributed by atoms with E-state index in [4.69, 9.17) is 0 Å². The first-order valence-corrected chi connectivity index (χ1v) is 10.2. The third kappa shape index (κ3) is 6.30. The summed E-state index contributed by atoms with van der Waals surface area (Å²) < 4.78 is 26.2. The Bertz CT molecular complexity index is 620. The Hall–Kier alpha value is -1.31. The van der Waals surface area contributed by atoms with E-state index in [-0.39, 0.29) is 5.75 Å². The van der Waals surface area contributed by atoms with Crippen molar-refractivity contribution in [1.29, 1.82) is 0 Å². The molecule has 0 atom stereocenters. The number of hydrogen-bond donors (Lipinski definition) is 0. The van der Waals surface area contributed by atoms with E-state index in [9.17, 15) is 8.42 Å². The van der Waals surface area contributed by atoms with E-state index in [0.717, 1.165) is 50.0 Å². The molecular weight excluding hydrogens is 324 g/mol. The smallest absolute Gasteiger partial charge is 0.218 e. The molecule has 0 saturated carbocycles. The molecule has 0 amide bonds. The van der Waals surface area contributed by atoms with Crippen molar-refractivity contribution >= 4 is 15.7 Å². The molecule has 1 aliphatic heterocycles. The van der Waals surface area contributed by atoms with Gasteiger partial charge >= 0.3 is 0 Å². The molecule has 1 aromatic rings. The lowest BCUT2D eigenvalue weighted by Gasteiger charge is -2.15. The van der Waals surface area contributed by atoms with Gasteiger partial charge in [-0.25, -0.2) is 12.7 Å². The van der Waals surface area contributed by atoms with Gasteiger partial charge in [0.05, 0.1) is 18.0 Å². The molecule has 6 nitrogen and oxygen atoms in total. The minimum atomic E-state index is -3.18. The molecule has 0 aromatic heterocycles. The fraction of sp³-hybridized carbons (Fsp3) is 0.647. The summed E-state index contributed by atoms with van der Waals surface area (Å²) in [6.45, 7) is 3.10. The molecule has 1 aliphatic rings. The molecule has 0 aliphatic carbocycles. The van der Waals surface area contributed by atoms with Crippen molar-refractivity contribution in [2.24, 2.45) is 10.2 Å². The van der Waals surface area contributed by atoms with Crippen LogP contribution < -0.4 is 0 Å². The minimum absolute atomic E-state index is 0.0644. The third-order valence-corrected chi connectivity index (χ3v) is 5.89. The van der Waals surface area contributed by atoms with Gasteiger partial charge in [-0.1, -0.05) is 12.1 Å². The maximum absolute atomic E-state index is 12.3. The van der Waals surface area contributed by atoms with Gasteiger partial charge in [0.15, 0.2) is 0 Å². The molecule has 0 bridgehead atoms. The number of unbranched alkanes of at least 4 members (excludes halogenated alkanes) is 1. The summed E-state index contributed by atoms with van der Waals surface area (Å²) in [5.41, 5.74) is 1.57. The van der Waals surface area contributed by atoms with Crippen LogP contribution in [0.15, 0.2) is 34.5 Å². The van der Waals surface area contributed by atoms with Gasteiger partial charge in [0, 0.05) is 13.1 Å². The lowest BCUT2D eigenvalue weighted by atomic mass is 10.2. The highest BCUT2D eigenvalue weighted by Gasteiger charge is 2.25. The zero-order valence-electron chi connectivity index (χ0n) is 14.7. The van der Waals surface area contributed by atoms with E-state index in [2.05, 4.69) is 29.2 Å². The number of rotatable bonds is 9. The quantitative estimate of drug-likeness (QED) is 0.507. The first kappa shape index (κ1) is 19.0. The summed E-state index contributed by atoms with van der Waals surface area (Å²) in [4.78, 5) is 2.16.